The van der Waals surface area contributed by atoms with E-state index in [2.05, 4.69) is 37.9 Å². The van der Waals surface area contributed by atoms with Crippen LogP contribution in [0.25, 0.3) is 0 Å². The van der Waals surface area contributed by atoms with Crippen molar-refractivity contribution in [2.24, 2.45) is 0 Å². The molecule has 18 heavy (non-hydrogen) atoms. The minimum Gasteiger partial charge on any atom is -0.487 e. The lowest BCUT2D eigenvalue weighted by molar-refractivity contribution is -0.0437. The molecule has 0 spiro atoms. The summed E-state index contributed by atoms with van der Waals surface area (Å²) in [6.07, 6.45) is 1.33. The molecule has 0 unspecified atom stereocenters. The van der Waals surface area contributed by atoms with Crippen molar-refractivity contribution in [1.82, 2.24) is 4.90 Å². The van der Waals surface area contributed by atoms with Gasteiger partial charge in [0.1, 0.15) is 18.0 Å². The van der Waals surface area contributed by atoms with Gasteiger partial charge in [0.15, 0.2) is 0 Å². The van der Waals surface area contributed by atoms with Crippen LogP contribution in [0.15, 0.2) is 18.2 Å². The topological polar surface area (TPSA) is 21.7 Å². The standard InChI is InChI=1S/C15H23NO2/c1-11-6-5-7-13(12(11)2)18-14-8-9-16(3)10-15(14)17-4/h5-7,14-15H,8-10H2,1-4H3/t14-,15-/m1/s1. The van der Waals surface area contributed by atoms with Crippen molar-refractivity contribution in [3.8, 4) is 5.75 Å². The highest BCUT2D eigenvalue weighted by Gasteiger charge is 2.29. The van der Waals surface area contributed by atoms with Gasteiger partial charge in [0, 0.05) is 20.2 Å². The van der Waals surface area contributed by atoms with Gasteiger partial charge in [0.25, 0.3) is 0 Å². The van der Waals surface area contributed by atoms with Gasteiger partial charge in [-0.15, -0.1) is 0 Å². The number of ether oxygens (including phenoxy) is 2. The average Bonchev–Trinajstić information content (AvgIpc) is 2.37. The van der Waals surface area contributed by atoms with Gasteiger partial charge in [-0.25, -0.2) is 0 Å². The second-order valence-electron chi connectivity index (χ2n) is 5.18. The summed E-state index contributed by atoms with van der Waals surface area (Å²) >= 11 is 0. The molecule has 3 nitrogen and oxygen atoms in total. The maximum atomic E-state index is 6.17. The highest BCUT2D eigenvalue weighted by atomic mass is 16.5. The molecule has 0 aliphatic carbocycles. The van der Waals surface area contributed by atoms with Gasteiger partial charge in [0.05, 0.1) is 0 Å². The largest absolute Gasteiger partial charge is 0.487 e. The van der Waals surface area contributed by atoms with Crippen molar-refractivity contribution >= 4 is 0 Å². The Morgan fingerprint density at radius 2 is 2.00 bits per heavy atom. The van der Waals surface area contributed by atoms with Crippen LogP contribution >= 0.6 is 0 Å². The number of hydrogen-bond donors (Lipinski definition) is 0. The van der Waals surface area contributed by atoms with Crippen LogP contribution in [0.3, 0.4) is 0 Å². The molecule has 1 aliphatic rings. The summed E-state index contributed by atoms with van der Waals surface area (Å²) in [7, 11) is 3.89. The Hall–Kier alpha value is -1.06. The molecule has 0 radical (unpaired) electrons. The summed E-state index contributed by atoms with van der Waals surface area (Å²) in [6, 6.07) is 6.21. The Balaban J connectivity index is 2.10. The number of nitrogens with zero attached hydrogens (tertiary/aromatic N) is 1. The molecule has 3 heteroatoms. The van der Waals surface area contributed by atoms with Gasteiger partial charge < -0.3 is 14.4 Å². The van der Waals surface area contributed by atoms with E-state index in [9.17, 15) is 0 Å². The molecule has 0 saturated carbocycles. The minimum absolute atomic E-state index is 0.156. The van der Waals surface area contributed by atoms with Crippen LogP contribution in [0.2, 0.25) is 0 Å². The monoisotopic (exact) mass is 249 g/mol. The van der Waals surface area contributed by atoms with E-state index in [4.69, 9.17) is 9.47 Å². The third kappa shape index (κ3) is 2.85. The summed E-state index contributed by atoms with van der Waals surface area (Å²) in [5, 5.41) is 0. The molecule has 1 aromatic rings. The summed E-state index contributed by atoms with van der Waals surface area (Å²) in [5.41, 5.74) is 2.50. The van der Waals surface area contributed by atoms with Crippen LogP contribution in [0, 0.1) is 13.8 Å². The van der Waals surface area contributed by atoms with Crippen molar-refractivity contribution in [2.75, 3.05) is 27.2 Å². The number of piperidine rings is 1. The highest BCUT2D eigenvalue weighted by Crippen LogP contribution is 2.25. The molecule has 0 aromatic heterocycles. The maximum Gasteiger partial charge on any atom is 0.127 e. The molecule has 100 valence electrons. The van der Waals surface area contributed by atoms with Gasteiger partial charge >= 0.3 is 0 Å². The third-order valence-corrected chi connectivity index (χ3v) is 3.84. The first-order valence-electron chi connectivity index (χ1n) is 6.56. The van der Waals surface area contributed by atoms with E-state index in [1.165, 1.54) is 11.1 Å². The molecule has 0 amide bonds. The Kier molecular flexibility index (Phi) is 4.25. The normalized spacial score (nSPS) is 25.1. The third-order valence-electron chi connectivity index (χ3n) is 3.84. The Labute approximate surface area is 110 Å². The second-order valence-corrected chi connectivity index (χ2v) is 5.18. The van der Waals surface area contributed by atoms with E-state index in [1.54, 1.807) is 7.11 Å². The molecular formula is C15H23NO2. The Morgan fingerprint density at radius 3 is 2.72 bits per heavy atom. The van der Waals surface area contributed by atoms with Crippen molar-refractivity contribution in [1.29, 1.82) is 0 Å². The number of likely N-dealkylation sites (N-methyl/N-ethyl adjacent to an activating group) is 1. The number of methoxy groups -OCH3 is 1. The lowest BCUT2D eigenvalue weighted by Gasteiger charge is -2.36. The maximum absolute atomic E-state index is 6.17. The van der Waals surface area contributed by atoms with Crippen molar-refractivity contribution in [3.63, 3.8) is 0 Å². The minimum atomic E-state index is 0.156. The zero-order valence-corrected chi connectivity index (χ0v) is 11.8. The van der Waals surface area contributed by atoms with E-state index in [-0.39, 0.29) is 12.2 Å². The Bertz CT molecular complexity index is 405. The van der Waals surface area contributed by atoms with Crippen molar-refractivity contribution in [3.05, 3.63) is 29.3 Å². The fourth-order valence-corrected chi connectivity index (χ4v) is 2.43. The van der Waals surface area contributed by atoms with Crippen LogP contribution in [0.5, 0.6) is 5.75 Å². The van der Waals surface area contributed by atoms with E-state index in [1.807, 2.05) is 6.07 Å². The molecule has 1 aliphatic heterocycles. The van der Waals surface area contributed by atoms with Gasteiger partial charge in [-0.2, -0.15) is 0 Å². The van der Waals surface area contributed by atoms with Crippen LogP contribution in [-0.4, -0.2) is 44.4 Å². The van der Waals surface area contributed by atoms with Crippen molar-refractivity contribution in [2.45, 2.75) is 32.5 Å². The molecule has 0 N–H and O–H groups in total. The van der Waals surface area contributed by atoms with E-state index >= 15 is 0 Å². The zero-order chi connectivity index (χ0) is 13.1. The highest BCUT2D eigenvalue weighted by molar-refractivity contribution is 5.38. The van der Waals surface area contributed by atoms with Gasteiger partial charge in [-0.1, -0.05) is 12.1 Å². The first kappa shape index (κ1) is 13.4. The predicted octanol–water partition coefficient (Wildman–Crippen LogP) is 2.40. The van der Waals surface area contributed by atoms with Crippen molar-refractivity contribution < 1.29 is 9.47 Å². The molecule has 1 saturated heterocycles. The molecule has 1 heterocycles. The Morgan fingerprint density at radius 1 is 1.22 bits per heavy atom. The van der Waals surface area contributed by atoms with Gasteiger partial charge in [0.2, 0.25) is 0 Å². The number of aryl methyl sites for hydroxylation is 1. The molecule has 2 atom stereocenters. The molecule has 1 aromatic carbocycles. The van der Waals surface area contributed by atoms with Crippen LogP contribution in [-0.2, 0) is 4.74 Å². The smallest absolute Gasteiger partial charge is 0.127 e. The number of rotatable bonds is 3. The predicted molar refractivity (Wildman–Crippen MR) is 73.2 cm³/mol. The lowest BCUT2D eigenvalue weighted by Crippen LogP contribution is -2.48. The summed E-state index contributed by atoms with van der Waals surface area (Å²) in [6.45, 7) is 6.23. The second kappa shape index (κ2) is 5.72. The number of likely N-dealkylation sites (tertiary alicyclic amines) is 1. The van der Waals surface area contributed by atoms with Crippen LogP contribution in [0.1, 0.15) is 17.5 Å². The van der Waals surface area contributed by atoms with Crippen LogP contribution in [0.4, 0.5) is 0 Å². The fourth-order valence-electron chi connectivity index (χ4n) is 2.43. The van der Waals surface area contributed by atoms with E-state index in [0.29, 0.717) is 0 Å². The fraction of sp³-hybridized carbons (Fsp3) is 0.600. The molecule has 1 fully saturated rings. The van der Waals surface area contributed by atoms with E-state index in [0.717, 1.165) is 25.3 Å². The summed E-state index contributed by atoms with van der Waals surface area (Å²) in [5.74, 6) is 0.992. The number of benzene rings is 1. The lowest BCUT2D eigenvalue weighted by atomic mass is 10.0. The molecule has 2 rings (SSSR count). The number of hydrogen-bond acceptors (Lipinski definition) is 3. The first-order valence-corrected chi connectivity index (χ1v) is 6.56. The zero-order valence-electron chi connectivity index (χ0n) is 11.8. The SMILES string of the molecule is CO[C@@H]1CN(C)CC[C@H]1Oc1cccc(C)c1C. The summed E-state index contributed by atoms with van der Waals surface area (Å²) < 4.78 is 11.7. The molecule has 0 bridgehead atoms. The van der Waals surface area contributed by atoms with Gasteiger partial charge in [-0.05, 0) is 44.5 Å². The van der Waals surface area contributed by atoms with Gasteiger partial charge in [-0.3, -0.25) is 0 Å². The van der Waals surface area contributed by atoms with Crippen LogP contribution < -0.4 is 4.74 Å². The quantitative estimate of drug-likeness (QED) is 0.821. The average molecular weight is 249 g/mol. The van der Waals surface area contributed by atoms with E-state index < -0.39 is 0 Å². The summed E-state index contributed by atoms with van der Waals surface area (Å²) in [4.78, 5) is 2.29. The first-order chi connectivity index (χ1) is 8.61. The molecular weight excluding hydrogens is 226 g/mol.